The van der Waals surface area contributed by atoms with E-state index in [1.165, 1.54) is 19.3 Å². The summed E-state index contributed by atoms with van der Waals surface area (Å²) in [4.78, 5) is 2.55. The van der Waals surface area contributed by atoms with E-state index in [1.54, 1.807) is 6.26 Å². The topological polar surface area (TPSA) is 42.4 Å². The maximum absolute atomic E-state index is 5.39. The summed E-state index contributed by atoms with van der Waals surface area (Å²) in [5.74, 6) is 1.98. The molecule has 108 valence electrons. The quantitative estimate of drug-likeness (QED) is 0.833. The van der Waals surface area contributed by atoms with Gasteiger partial charge in [0.2, 0.25) is 0 Å². The predicted molar refractivity (Wildman–Crippen MR) is 76.4 cm³/mol. The first-order chi connectivity index (χ1) is 9.83. The van der Waals surface area contributed by atoms with Crippen molar-refractivity contribution in [2.75, 3.05) is 13.1 Å². The Kier molecular flexibility index (Phi) is 4.21. The van der Waals surface area contributed by atoms with Gasteiger partial charge in [-0.15, -0.1) is 0 Å². The van der Waals surface area contributed by atoms with Crippen molar-refractivity contribution in [1.82, 2.24) is 10.1 Å². The van der Waals surface area contributed by atoms with Crippen LogP contribution >= 0.6 is 0 Å². The van der Waals surface area contributed by atoms with Crippen LogP contribution < -0.4 is 0 Å². The Balaban J connectivity index is 1.58. The molecule has 0 bridgehead atoms. The van der Waals surface area contributed by atoms with Crippen molar-refractivity contribution >= 4 is 0 Å². The Morgan fingerprint density at radius 3 is 3.10 bits per heavy atom. The molecule has 1 atom stereocenters. The molecule has 4 nitrogen and oxygen atoms in total. The van der Waals surface area contributed by atoms with Crippen LogP contribution in [0.2, 0.25) is 0 Å². The molecule has 4 heteroatoms. The second-order valence-corrected chi connectivity index (χ2v) is 5.59. The summed E-state index contributed by atoms with van der Waals surface area (Å²) in [7, 11) is 0. The molecule has 0 aliphatic carbocycles. The summed E-state index contributed by atoms with van der Waals surface area (Å²) in [6.45, 7) is 4.21. The van der Waals surface area contributed by atoms with Crippen LogP contribution in [0.1, 0.15) is 48.9 Å². The van der Waals surface area contributed by atoms with E-state index in [4.69, 9.17) is 8.94 Å². The van der Waals surface area contributed by atoms with E-state index in [0.717, 1.165) is 43.1 Å². The third kappa shape index (κ3) is 3.12. The summed E-state index contributed by atoms with van der Waals surface area (Å²) in [5.41, 5.74) is 1.10. The molecule has 3 heterocycles. The Morgan fingerprint density at radius 2 is 2.35 bits per heavy atom. The molecule has 1 aliphatic rings. The first kappa shape index (κ1) is 13.4. The third-order valence-electron chi connectivity index (χ3n) is 4.05. The number of likely N-dealkylation sites (tertiary alicyclic amines) is 1. The zero-order valence-corrected chi connectivity index (χ0v) is 12.0. The van der Waals surface area contributed by atoms with Gasteiger partial charge in [0.25, 0.3) is 0 Å². The summed E-state index contributed by atoms with van der Waals surface area (Å²) in [6.07, 6.45) is 7.64. The molecule has 3 rings (SSSR count). The van der Waals surface area contributed by atoms with E-state index in [0.29, 0.717) is 6.04 Å². The highest BCUT2D eigenvalue weighted by atomic mass is 16.5. The number of hydrogen-bond acceptors (Lipinski definition) is 4. The smallest absolute Gasteiger partial charge is 0.133 e. The molecule has 2 aromatic rings. The monoisotopic (exact) mass is 274 g/mol. The molecule has 2 aromatic heterocycles. The Hall–Kier alpha value is -1.55. The molecule has 1 fully saturated rings. The van der Waals surface area contributed by atoms with Gasteiger partial charge in [0.1, 0.15) is 17.2 Å². The van der Waals surface area contributed by atoms with Crippen molar-refractivity contribution in [1.29, 1.82) is 0 Å². The fraction of sp³-hybridized carbons (Fsp3) is 0.562. The zero-order chi connectivity index (χ0) is 13.8. The van der Waals surface area contributed by atoms with Gasteiger partial charge in [0.05, 0.1) is 12.3 Å². The average molecular weight is 274 g/mol. The first-order valence-electron chi connectivity index (χ1n) is 7.52. The number of aromatic nitrogens is 1. The molecular formula is C16H22N2O2. The number of furan rings is 1. The molecule has 0 aromatic carbocycles. The number of hydrogen-bond donors (Lipinski definition) is 0. The summed E-state index contributed by atoms with van der Waals surface area (Å²) < 4.78 is 10.6. The Labute approximate surface area is 119 Å². The lowest BCUT2D eigenvalue weighted by Crippen LogP contribution is -2.34. The lowest BCUT2D eigenvalue weighted by atomic mass is 9.98. The Bertz CT molecular complexity index is 518. The number of nitrogens with zero attached hydrogens (tertiary/aromatic N) is 2. The van der Waals surface area contributed by atoms with Crippen molar-refractivity contribution in [3.63, 3.8) is 0 Å². The van der Waals surface area contributed by atoms with Gasteiger partial charge in [-0.05, 0) is 51.4 Å². The van der Waals surface area contributed by atoms with Crippen LogP contribution in [-0.4, -0.2) is 23.1 Å². The fourth-order valence-electron chi connectivity index (χ4n) is 3.05. The van der Waals surface area contributed by atoms with Gasteiger partial charge < -0.3 is 8.94 Å². The lowest BCUT2D eigenvalue weighted by molar-refractivity contribution is 0.140. The minimum absolute atomic E-state index is 0.429. The molecule has 0 spiro atoms. The van der Waals surface area contributed by atoms with Crippen molar-refractivity contribution < 1.29 is 8.94 Å². The maximum atomic E-state index is 5.39. The van der Waals surface area contributed by atoms with Gasteiger partial charge in [0, 0.05) is 12.5 Å². The van der Waals surface area contributed by atoms with Crippen LogP contribution in [0.4, 0.5) is 0 Å². The minimum Gasteiger partial charge on any atom is -0.469 e. The lowest BCUT2D eigenvalue weighted by Gasteiger charge is -2.34. The van der Waals surface area contributed by atoms with E-state index < -0.39 is 0 Å². The average Bonchev–Trinajstić information content (AvgIpc) is 3.11. The van der Waals surface area contributed by atoms with Crippen molar-refractivity contribution in [3.8, 4) is 0 Å². The first-order valence-corrected chi connectivity index (χ1v) is 7.52. The van der Waals surface area contributed by atoms with Crippen LogP contribution in [-0.2, 0) is 6.42 Å². The maximum Gasteiger partial charge on any atom is 0.133 e. The van der Waals surface area contributed by atoms with E-state index in [9.17, 15) is 0 Å². The molecule has 1 saturated heterocycles. The Morgan fingerprint density at radius 1 is 1.40 bits per heavy atom. The number of piperidine rings is 1. The van der Waals surface area contributed by atoms with E-state index in [-0.39, 0.29) is 0 Å². The highest BCUT2D eigenvalue weighted by molar-refractivity contribution is 5.10. The highest BCUT2D eigenvalue weighted by Gasteiger charge is 2.25. The normalized spacial score (nSPS) is 20.4. The molecule has 0 N–H and O–H groups in total. The van der Waals surface area contributed by atoms with Gasteiger partial charge in [-0.1, -0.05) is 11.6 Å². The summed E-state index contributed by atoms with van der Waals surface area (Å²) in [6, 6.07) is 6.51. The van der Waals surface area contributed by atoms with E-state index in [1.807, 2.05) is 13.0 Å². The second kappa shape index (κ2) is 6.27. The molecule has 1 aliphatic heterocycles. The SMILES string of the molecule is Cc1cc([C@@H]2CCCCN2CCCc2ccco2)no1. The van der Waals surface area contributed by atoms with Crippen LogP contribution in [0.25, 0.3) is 0 Å². The number of rotatable bonds is 5. The molecule has 0 radical (unpaired) electrons. The van der Waals surface area contributed by atoms with Crippen LogP contribution in [0.5, 0.6) is 0 Å². The second-order valence-electron chi connectivity index (χ2n) is 5.59. The predicted octanol–water partition coefficient (Wildman–Crippen LogP) is 3.74. The number of aryl methyl sites for hydroxylation is 2. The van der Waals surface area contributed by atoms with Crippen LogP contribution in [0.3, 0.4) is 0 Å². The fourth-order valence-corrected chi connectivity index (χ4v) is 3.05. The molecule has 20 heavy (non-hydrogen) atoms. The van der Waals surface area contributed by atoms with Crippen molar-refractivity contribution in [2.45, 2.75) is 45.1 Å². The minimum atomic E-state index is 0.429. The highest BCUT2D eigenvalue weighted by Crippen LogP contribution is 2.30. The van der Waals surface area contributed by atoms with Gasteiger partial charge in [-0.2, -0.15) is 0 Å². The van der Waals surface area contributed by atoms with Crippen LogP contribution in [0, 0.1) is 6.92 Å². The zero-order valence-electron chi connectivity index (χ0n) is 12.0. The third-order valence-corrected chi connectivity index (χ3v) is 4.05. The van der Waals surface area contributed by atoms with Gasteiger partial charge >= 0.3 is 0 Å². The van der Waals surface area contributed by atoms with Crippen molar-refractivity contribution in [3.05, 3.63) is 41.7 Å². The summed E-state index contributed by atoms with van der Waals surface area (Å²) in [5, 5.41) is 4.21. The summed E-state index contributed by atoms with van der Waals surface area (Å²) >= 11 is 0. The molecule has 0 unspecified atom stereocenters. The van der Waals surface area contributed by atoms with Gasteiger partial charge in [-0.3, -0.25) is 4.90 Å². The van der Waals surface area contributed by atoms with Crippen LogP contribution in [0.15, 0.2) is 33.4 Å². The van der Waals surface area contributed by atoms with Gasteiger partial charge in [0.15, 0.2) is 0 Å². The molecular weight excluding hydrogens is 252 g/mol. The molecule has 0 saturated carbocycles. The van der Waals surface area contributed by atoms with E-state index >= 15 is 0 Å². The molecule has 0 amide bonds. The van der Waals surface area contributed by atoms with Gasteiger partial charge in [-0.25, -0.2) is 0 Å². The van der Waals surface area contributed by atoms with E-state index in [2.05, 4.69) is 22.2 Å². The standard InChI is InChI=1S/C16H22N2O2/c1-13-12-15(17-20-13)16-8-2-3-9-18(16)10-4-6-14-7-5-11-19-14/h5,7,11-12,16H,2-4,6,8-10H2,1H3/t16-/m0/s1. The van der Waals surface area contributed by atoms with Crippen molar-refractivity contribution in [2.24, 2.45) is 0 Å². The largest absolute Gasteiger partial charge is 0.469 e.